The monoisotopic (exact) mass is 182 g/mol. The molecule has 0 saturated carbocycles. The van der Waals surface area contributed by atoms with Crippen LogP contribution in [0.4, 0.5) is 5.82 Å². The molecule has 70 valence electrons. The molecule has 0 aliphatic heterocycles. The standard InChI is InChI=1S/C7H10N4O2/c1-2-5(12)11-6(8)4(3-10-11)7(9)13/h3H,2,8H2,1H3,(H2,9,13). The molecule has 1 rings (SSSR count). The fourth-order valence-electron chi connectivity index (χ4n) is 0.896. The zero-order valence-electron chi connectivity index (χ0n) is 7.15. The average Bonchev–Trinajstić information content (AvgIpc) is 2.46. The van der Waals surface area contributed by atoms with Gasteiger partial charge in [0.25, 0.3) is 5.91 Å². The number of amides is 1. The largest absolute Gasteiger partial charge is 0.383 e. The minimum atomic E-state index is -0.687. The molecule has 4 N–H and O–H groups in total. The van der Waals surface area contributed by atoms with E-state index in [0.717, 1.165) is 4.68 Å². The Kier molecular flexibility index (Phi) is 2.32. The van der Waals surface area contributed by atoms with Crippen LogP contribution in [0, 0.1) is 0 Å². The highest BCUT2D eigenvalue weighted by Gasteiger charge is 2.15. The normalized spacial score (nSPS) is 9.92. The smallest absolute Gasteiger partial charge is 0.254 e. The van der Waals surface area contributed by atoms with Gasteiger partial charge in [-0.1, -0.05) is 6.92 Å². The summed E-state index contributed by atoms with van der Waals surface area (Å²) in [7, 11) is 0. The lowest BCUT2D eigenvalue weighted by molar-refractivity contribution is 0.0896. The molecule has 1 heterocycles. The van der Waals surface area contributed by atoms with Crippen molar-refractivity contribution in [3.63, 3.8) is 0 Å². The first-order valence-corrected chi connectivity index (χ1v) is 3.74. The summed E-state index contributed by atoms with van der Waals surface area (Å²) in [6.45, 7) is 1.67. The number of hydrogen-bond donors (Lipinski definition) is 2. The summed E-state index contributed by atoms with van der Waals surface area (Å²) in [6.07, 6.45) is 1.45. The molecule has 0 radical (unpaired) electrons. The van der Waals surface area contributed by atoms with E-state index in [-0.39, 0.29) is 23.7 Å². The van der Waals surface area contributed by atoms with Gasteiger partial charge in [-0.05, 0) is 0 Å². The highest BCUT2D eigenvalue weighted by molar-refractivity contribution is 5.98. The number of primary amides is 1. The molecule has 0 aliphatic rings. The van der Waals surface area contributed by atoms with Gasteiger partial charge in [-0.3, -0.25) is 9.59 Å². The number of carbonyl (C=O) groups is 2. The maximum Gasteiger partial charge on any atom is 0.254 e. The fraction of sp³-hybridized carbons (Fsp3) is 0.286. The van der Waals surface area contributed by atoms with Crippen LogP contribution in [-0.2, 0) is 0 Å². The summed E-state index contributed by atoms with van der Waals surface area (Å²) in [5, 5.41) is 3.65. The third-order valence-corrected chi connectivity index (χ3v) is 1.61. The average molecular weight is 182 g/mol. The van der Waals surface area contributed by atoms with E-state index in [0.29, 0.717) is 0 Å². The second kappa shape index (κ2) is 3.26. The van der Waals surface area contributed by atoms with Gasteiger partial charge in [0.05, 0.1) is 6.20 Å². The Morgan fingerprint density at radius 3 is 2.62 bits per heavy atom. The summed E-state index contributed by atoms with van der Waals surface area (Å²) in [5.41, 5.74) is 10.5. The molecule has 0 aromatic carbocycles. The Morgan fingerprint density at radius 1 is 1.62 bits per heavy atom. The SMILES string of the molecule is CCC(=O)n1ncc(C(N)=O)c1N. The van der Waals surface area contributed by atoms with E-state index in [1.54, 1.807) is 6.92 Å². The molecule has 0 fully saturated rings. The molecule has 6 nitrogen and oxygen atoms in total. The van der Waals surface area contributed by atoms with E-state index in [2.05, 4.69) is 5.10 Å². The Labute approximate surface area is 74.5 Å². The zero-order chi connectivity index (χ0) is 10.0. The Hall–Kier alpha value is -1.85. The van der Waals surface area contributed by atoms with Crippen molar-refractivity contribution in [3.8, 4) is 0 Å². The van der Waals surface area contributed by atoms with Crippen LogP contribution in [0.1, 0.15) is 28.5 Å². The van der Waals surface area contributed by atoms with Crippen LogP contribution < -0.4 is 11.5 Å². The highest BCUT2D eigenvalue weighted by atomic mass is 16.2. The van der Waals surface area contributed by atoms with Crippen LogP contribution in [0.25, 0.3) is 0 Å². The van der Waals surface area contributed by atoms with Gasteiger partial charge < -0.3 is 11.5 Å². The van der Waals surface area contributed by atoms with E-state index in [9.17, 15) is 9.59 Å². The zero-order valence-corrected chi connectivity index (χ0v) is 7.15. The lowest BCUT2D eigenvalue weighted by Crippen LogP contribution is -2.17. The minimum Gasteiger partial charge on any atom is -0.383 e. The van der Waals surface area contributed by atoms with Crippen molar-refractivity contribution >= 4 is 17.6 Å². The highest BCUT2D eigenvalue weighted by Crippen LogP contribution is 2.09. The molecule has 0 saturated heterocycles. The summed E-state index contributed by atoms with van der Waals surface area (Å²) in [4.78, 5) is 21.9. The first kappa shape index (κ1) is 9.24. The molecule has 13 heavy (non-hydrogen) atoms. The lowest BCUT2D eigenvalue weighted by atomic mass is 10.3. The predicted octanol–water partition coefficient (Wildman–Crippen LogP) is -0.386. The van der Waals surface area contributed by atoms with Crippen molar-refractivity contribution in [2.45, 2.75) is 13.3 Å². The Bertz CT molecular complexity index is 355. The molecular formula is C7H10N4O2. The lowest BCUT2D eigenvalue weighted by Gasteiger charge is -1.99. The third kappa shape index (κ3) is 1.51. The first-order chi connectivity index (χ1) is 6.07. The molecule has 0 spiro atoms. The number of rotatable bonds is 2. The fourth-order valence-corrected chi connectivity index (χ4v) is 0.896. The second-order valence-corrected chi connectivity index (χ2v) is 2.47. The number of nitrogens with zero attached hydrogens (tertiary/aromatic N) is 2. The van der Waals surface area contributed by atoms with E-state index < -0.39 is 5.91 Å². The summed E-state index contributed by atoms with van der Waals surface area (Å²) in [6, 6.07) is 0. The molecule has 0 bridgehead atoms. The summed E-state index contributed by atoms with van der Waals surface area (Å²) >= 11 is 0. The van der Waals surface area contributed by atoms with Crippen molar-refractivity contribution in [2.24, 2.45) is 5.73 Å². The van der Waals surface area contributed by atoms with E-state index >= 15 is 0 Å². The number of carbonyl (C=O) groups excluding carboxylic acids is 2. The molecule has 0 atom stereocenters. The molecule has 1 aromatic heterocycles. The third-order valence-electron chi connectivity index (χ3n) is 1.61. The van der Waals surface area contributed by atoms with E-state index in [4.69, 9.17) is 11.5 Å². The number of anilines is 1. The van der Waals surface area contributed by atoms with E-state index in [1.807, 2.05) is 0 Å². The van der Waals surface area contributed by atoms with Crippen LogP contribution in [0.3, 0.4) is 0 Å². The molecule has 1 amide bonds. The van der Waals surface area contributed by atoms with Gasteiger partial charge in [-0.25, -0.2) is 0 Å². The number of nitrogens with two attached hydrogens (primary N) is 2. The molecule has 0 unspecified atom stereocenters. The molecule has 6 heteroatoms. The minimum absolute atomic E-state index is 0.000602. The van der Waals surface area contributed by atoms with Crippen LogP contribution in [0.5, 0.6) is 0 Å². The van der Waals surface area contributed by atoms with Crippen molar-refractivity contribution in [1.29, 1.82) is 0 Å². The predicted molar refractivity (Wildman–Crippen MR) is 46.1 cm³/mol. The Morgan fingerprint density at radius 2 is 2.23 bits per heavy atom. The topological polar surface area (TPSA) is 104 Å². The molecule has 1 aromatic rings. The first-order valence-electron chi connectivity index (χ1n) is 3.74. The number of nitrogen functional groups attached to an aromatic ring is 1. The second-order valence-electron chi connectivity index (χ2n) is 2.47. The molecular weight excluding hydrogens is 172 g/mol. The maximum absolute atomic E-state index is 11.1. The van der Waals surface area contributed by atoms with Crippen molar-refractivity contribution in [3.05, 3.63) is 11.8 Å². The summed E-state index contributed by atoms with van der Waals surface area (Å²) < 4.78 is 0.972. The van der Waals surface area contributed by atoms with E-state index in [1.165, 1.54) is 6.20 Å². The van der Waals surface area contributed by atoms with Gasteiger partial charge in [0.15, 0.2) is 0 Å². The van der Waals surface area contributed by atoms with Gasteiger partial charge >= 0.3 is 0 Å². The maximum atomic E-state index is 11.1. The number of aromatic nitrogens is 2. The van der Waals surface area contributed by atoms with Crippen molar-refractivity contribution < 1.29 is 9.59 Å². The molecule has 0 aliphatic carbocycles. The van der Waals surface area contributed by atoms with Crippen LogP contribution in [0.15, 0.2) is 6.20 Å². The van der Waals surface area contributed by atoms with Gasteiger partial charge in [-0.15, -0.1) is 0 Å². The summed E-state index contributed by atoms with van der Waals surface area (Å²) in [5.74, 6) is -0.961. The number of hydrogen-bond acceptors (Lipinski definition) is 4. The van der Waals surface area contributed by atoms with Crippen molar-refractivity contribution in [1.82, 2.24) is 9.78 Å². The van der Waals surface area contributed by atoms with Crippen molar-refractivity contribution in [2.75, 3.05) is 5.73 Å². The van der Waals surface area contributed by atoms with Gasteiger partial charge in [-0.2, -0.15) is 9.78 Å². The Balaban J connectivity index is 3.13. The van der Waals surface area contributed by atoms with Crippen LogP contribution in [0.2, 0.25) is 0 Å². The quantitative estimate of drug-likeness (QED) is 0.650. The van der Waals surface area contributed by atoms with Gasteiger partial charge in [0.2, 0.25) is 5.91 Å². The van der Waals surface area contributed by atoms with Crippen LogP contribution in [-0.4, -0.2) is 21.6 Å². The van der Waals surface area contributed by atoms with Crippen LogP contribution >= 0.6 is 0 Å². The van der Waals surface area contributed by atoms with Gasteiger partial charge in [0.1, 0.15) is 11.4 Å². The van der Waals surface area contributed by atoms with Gasteiger partial charge in [0, 0.05) is 6.42 Å².